The number of pyridine rings is 1. The Balaban J connectivity index is 1.79. The first-order valence-electron chi connectivity index (χ1n) is 7.10. The Morgan fingerprint density at radius 1 is 1.24 bits per heavy atom. The summed E-state index contributed by atoms with van der Waals surface area (Å²) in [6.45, 7) is 1.13. The quantitative estimate of drug-likeness (QED) is 0.859. The molecule has 0 bridgehead atoms. The number of aromatic nitrogens is 2. The van der Waals surface area contributed by atoms with Crippen molar-refractivity contribution >= 4 is 15.9 Å². The van der Waals surface area contributed by atoms with E-state index >= 15 is 0 Å². The van der Waals surface area contributed by atoms with Gasteiger partial charge in [0.15, 0.2) is 0 Å². The third kappa shape index (κ3) is 2.56. The summed E-state index contributed by atoms with van der Waals surface area (Å²) in [5.41, 5.74) is 2.16. The highest BCUT2D eigenvalue weighted by atomic mass is 32.2. The number of hydrogen-bond donors (Lipinski definition) is 0. The van der Waals surface area contributed by atoms with Crippen molar-refractivity contribution in [3.05, 3.63) is 36.3 Å². The Bertz CT molecular complexity index is 730. The zero-order chi connectivity index (χ0) is 15.0. The van der Waals surface area contributed by atoms with Crippen molar-refractivity contribution in [2.24, 2.45) is 0 Å². The molecule has 2 aromatic rings. The van der Waals surface area contributed by atoms with Crippen LogP contribution in [0.2, 0.25) is 0 Å². The summed E-state index contributed by atoms with van der Waals surface area (Å²) in [4.78, 5) is 4.30. The molecule has 7 heteroatoms. The van der Waals surface area contributed by atoms with Crippen LogP contribution in [0.15, 0.2) is 30.6 Å². The molecule has 3 rings (SSSR count). The average Bonchev–Trinajstić information content (AvgIpc) is 2.95. The Kier molecular flexibility index (Phi) is 3.73. The van der Waals surface area contributed by atoms with Crippen molar-refractivity contribution in [1.29, 1.82) is 0 Å². The van der Waals surface area contributed by atoms with Crippen molar-refractivity contribution in [3.63, 3.8) is 0 Å². The minimum absolute atomic E-state index is 0.372. The molecule has 2 aromatic heterocycles. The van der Waals surface area contributed by atoms with Crippen LogP contribution >= 0.6 is 0 Å². The molecule has 0 aromatic carbocycles. The van der Waals surface area contributed by atoms with Crippen LogP contribution in [0.25, 0.3) is 5.65 Å². The van der Waals surface area contributed by atoms with E-state index in [-0.39, 0.29) is 0 Å². The fraction of sp³-hybridized carbons (Fsp3) is 0.500. The van der Waals surface area contributed by atoms with Gasteiger partial charge in [-0.05, 0) is 25.0 Å². The lowest BCUT2D eigenvalue weighted by molar-refractivity contribution is 0.299. The monoisotopic (exact) mass is 308 g/mol. The van der Waals surface area contributed by atoms with E-state index in [0.717, 1.165) is 18.5 Å². The molecule has 1 saturated heterocycles. The van der Waals surface area contributed by atoms with Crippen molar-refractivity contribution < 1.29 is 8.42 Å². The molecule has 1 fully saturated rings. The minimum atomic E-state index is -3.29. The van der Waals surface area contributed by atoms with Crippen LogP contribution < -0.4 is 0 Å². The second kappa shape index (κ2) is 5.40. The summed E-state index contributed by atoms with van der Waals surface area (Å²) in [5.74, 6) is 0.372. The molecule has 21 heavy (non-hydrogen) atoms. The number of rotatable bonds is 3. The van der Waals surface area contributed by atoms with Gasteiger partial charge in [0.05, 0.1) is 0 Å². The summed E-state index contributed by atoms with van der Waals surface area (Å²) in [6, 6.07) is 6.10. The van der Waals surface area contributed by atoms with E-state index < -0.39 is 10.2 Å². The van der Waals surface area contributed by atoms with E-state index in [0.29, 0.717) is 19.0 Å². The molecule has 1 aliphatic rings. The lowest BCUT2D eigenvalue weighted by Gasteiger charge is -2.33. The molecule has 0 atom stereocenters. The van der Waals surface area contributed by atoms with Gasteiger partial charge in [-0.3, -0.25) is 0 Å². The third-order valence-corrected chi connectivity index (χ3v) is 6.06. The smallest absolute Gasteiger partial charge is 0.281 e. The van der Waals surface area contributed by atoms with Gasteiger partial charge in [0.1, 0.15) is 5.65 Å². The van der Waals surface area contributed by atoms with E-state index in [1.807, 2.05) is 18.3 Å². The number of hydrogen-bond acceptors (Lipinski definition) is 3. The zero-order valence-corrected chi connectivity index (χ0v) is 13.1. The highest BCUT2D eigenvalue weighted by Crippen LogP contribution is 2.29. The van der Waals surface area contributed by atoms with Gasteiger partial charge in [-0.2, -0.15) is 17.0 Å². The van der Waals surface area contributed by atoms with Gasteiger partial charge < -0.3 is 4.40 Å². The molecule has 114 valence electrons. The first-order valence-corrected chi connectivity index (χ1v) is 8.49. The van der Waals surface area contributed by atoms with Crippen molar-refractivity contribution in [1.82, 2.24) is 18.0 Å². The van der Waals surface area contributed by atoms with Gasteiger partial charge in [-0.15, -0.1) is 0 Å². The lowest BCUT2D eigenvalue weighted by Crippen LogP contribution is -2.44. The van der Waals surface area contributed by atoms with Gasteiger partial charge in [0.25, 0.3) is 10.2 Å². The first-order chi connectivity index (χ1) is 10.00. The number of fused-ring (bicyclic) bond motifs is 1. The first kappa shape index (κ1) is 14.5. The van der Waals surface area contributed by atoms with Crippen LogP contribution in [0.1, 0.15) is 24.5 Å². The second-order valence-electron chi connectivity index (χ2n) is 5.57. The van der Waals surface area contributed by atoms with Gasteiger partial charge >= 0.3 is 0 Å². The van der Waals surface area contributed by atoms with Crippen LogP contribution in [-0.2, 0) is 10.2 Å². The second-order valence-corrected chi connectivity index (χ2v) is 7.71. The molecule has 0 unspecified atom stereocenters. The topological polar surface area (TPSA) is 57.9 Å². The van der Waals surface area contributed by atoms with Gasteiger partial charge in [-0.1, -0.05) is 6.07 Å². The zero-order valence-electron chi connectivity index (χ0n) is 12.3. The van der Waals surface area contributed by atoms with Gasteiger partial charge in [-0.25, -0.2) is 4.98 Å². The predicted octanol–water partition coefficient (Wildman–Crippen LogP) is 1.32. The molecule has 0 saturated carbocycles. The standard InChI is InChI=1S/C14H20N4O2S/c1-16(2)21(19,20)17-9-6-12(7-10-17)13-4-3-5-14-15-8-11-18(13)14/h3-5,8,11-12H,6-7,9-10H2,1-2H3. The molecule has 3 heterocycles. The summed E-state index contributed by atoms with van der Waals surface area (Å²) in [6.07, 6.45) is 5.44. The lowest BCUT2D eigenvalue weighted by atomic mass is 9.94. The molecule has 1 aliphatic heterocycles. The molecule has 6 nitrogen and oxygen atoms in total. The molecule has 0 N–H and O–H groups in total. The molecule has 0 radical (unpaired) electrons. The maximum Gasteiger partial charge on any atom is 0.281 e. The van der Waals surface area contributed by atoms with E-state index in [4.69, 9.17) is 0 Å². The largest absolute Gasteiger partial charge is 0.304 e. The number of piperidine rings is 1. The molecule has 0 spiro atoms. The molecule has 0 amide bonds. The van der Waals surface area contributed by atoms with Crippen LogP contribution in [0, 0.1) is 0 Å². The summed E-state index contributed by atoms with van der Waals surface area (Å²) in [5, 5.41) is 0. The van der Waals surface area contributed by atoms with E-state index in [9.17, 15) is 8.42 Å². The normalized spacial score (nSPS) is 18.6. The van der Waals surface area contributed by atoms with Crippen LogP contribution in [-0.4, -0.2) is 53.6 Å². The molecular formula is C14H20N4O2S. The maximum absolute atomic E-state index is 12.1. The van der Waals surface area contributed by atoms with Crippen LogP contribution in [0.4, 0.5) is 0 Å². The van der Waals surface area contributed by atoms with Gasteiger partial charge in [0, 0.05) is 51.2 Å². The molecular weight excluding hydrogens is 288 g/mol. The SMILES string of the molecule is CN(C)S(=O)(=O)N1CCC(c2cccc3nccn23)CC1. The van der Waals surface area contributed by atoms with E-state index in [1.54, 1.807) is 24.6 Å². The van der Waals surface area contributed by atoms with E-state index in [1.165, 1.54) is 10.00 Å². The number of imidazole rings is 1. The summed E-state index contributed by atoms with van der Waals surface area (Å²) < 4.78 is 29.2. The number of nitrogens with zero attached hydrogens (tertiary/aromatic N) is 4. The Labute approximate surface area is 125 Å². The molecule has 0 aliphatic carbocycles. The Morgan fingerprint density at radius 2 is 1.95 bits per heavy atom. The average molecular weight is 308 g/mol. The van der Waals surface area contributed by atoms with E-state index in [2.05, 4.69) is 15.5 Å². The van der Waals surface area contributed by atoms with Crippen LogP contribution in [0.3, 0.4) is 0 Å². The Hall–Kier alpha value is -1.44. The van der Waals surface area contributed by atoms with Crippen molar-refractivity contribution in [3.8, 4) is 0 Å². The minimum Gasteiger partial charge on any atom is -0.304 e. The highest BCUT2D eigenvalue weighted by Gasteiger charge is 2.30. The maximum atomic E-state index is 12.1. The van der Waals surface area contributed by atoms with Crippen LogP contribution in [0.5, 0.6) is 0 Å². The Morgan fingerprint density at radius 3 is 2.62 bits per heavy atom. The predicted molar refractivity (Wildman–Crippen MR) is 81.3 cm³/mol. The highest BCUT2D eigenvalue weighted by molar-refractivity contribution is 7.86. The van der Waals surface area contributed by atoms with Crippen molar-refractivity contribution in [2.75, 3.05) is 27.2 Å². The fourth-order valence-corrected chi connectivity index (χ4v) is 4.05. The summed E-state index contributed by atoms with van der Waals surface area (Å²) in [7, 11) is -0.136. The van der Waals surface area contributed by atoms with Gasteiger partial charge in [0.2, 0.25) is 0 Å². The van der Waals surface area contributed by atoms with Crippen molar-refractivity contribution in [2.45, 2.75) is 18.8 Å². The third-order valence-electron chi connectivity index (χ3n) is 4.12. The fourth-order valence-electron chi connectivity index (χ4n) is 2.92. The summed E-state index contributed by atoms with van der Waals surface area (Å²) >= 11 is 0.